The lowest BCUT2D eigenvalue weighted by atomic mass is 10.2. The fourth-order valence-corrected chi connectivity index (χ4v) is 2.32. The average Bonchev–Trinajstić information content (AvgIpc) is 2.92. The molecule has 23 heavy (non-hydrogen) atoms. The Morgan fingerprint density at radius 1 is 1.30 bits per heavy atom. The van der Waals surface area contributed by atoms with Crippen LogP contribution in [0.5, 0.6) is 0 Å². The van der Waals surface area contributed by atoms with Crippen molar-refractivity contribution in [3.63, 3.8) is 0 Å². The first-order chi connectivity index (χ1) is 11.2. The van der Waals surface area contributed by atoms with Gasteiger partial charge in [-0.3, -0.25) is 14.5 Å². The van der Waals surface area contributed by atoms with E-state index in [-0.39, 0.29) is 5.91 Å². The van der Waals surface area contributed by atoms with Gasteiger partial charge in [0.15, 0.2) is 5.69 Å². The van der Waals surface area contributed by atoms with Crippen LogP contribution in [0.4, 0.5) is 5.82 Å². The maximum Gasteiger partial charge on any atom is 0.277 e. The van der Waals surface area contributed by atoms with Crippen LogP contribution >= 0.6 is 0 Å². The molecule has 0 radical (unpaired) electrons. The molecule has 1 N–H and O–H groups in total. The number of methoxy groups -OCH3 is 1. The minimum absolute atomic E-state index is 0.294. The molecule has 0 aliphatic rings. The molecule has 0 unspecified atom stereocenters. The monoisotopic (exact) mass is 311 g/mol. The third-order valence-corrected chi connectivity index (χ3v) is 3.47. The van der Waals surface area contributed by atoms with Crippen LogP contribution in [0.1, 0.15) is 16.2 Å². The van der Waals surface area contributed by atoms with Crippen LogP contribution in [0.15, 0.2) is 36.7 Å². The van der Waals surface area contributed by atoms with Crippen molar-refractivity contribution >= 4 is 22.6 Å². The Bertz CT molecular complexity index is 838. The zero-order valence-corrected chi connectivity index (χ0v) is 13.0. The van der Waals surface area contributed by atoms with E-state index in [1.807, 2.05) is 24.3 Å². The summed E-state index contributed by atoms with van der Waals surface area (Å²) < 4.78 is 6.67. The van der Waals surface area contributed by atoms with Crippen LogP contribution in [0.2, 0.25) is 0 Å². The van der Waals surface area contributed by atoms with Crippen molar-refractivity contribution in [1.82, 2.24) is 19.7 Å². The van der Waals surface area contributed by atoms with Crippen molar-refractivity contribution in [3.05, 3.63) is 48.0 Å². The summed E-state index contributed by atoms with van der Waals surface area (Å²) in [4.78, 5) is 20.9. The van der Waals surface area contributed by atoms with Crippen molar-refractivity contribution in [2.75, 3.05) is 19.0 Å². The molecule has 0 spiro atoms. The number of rotatable bonds is 5. The number of amides is 1. The number of fused-ring (bicyclic) bond motifs is 1. The second-order valence-corrected chi connectivity index (χ2v) is 5.08. The van der Waals surface area contributed by atoms with Gasteiger partial charge < -0.3 is 10.1 Å². The predicted octanol–water partition coefficient (Wildman–Crippen LogP) is 1.80. The number of aromatic nitrogens is 4. The van der Waals surface area contributed by atoms with Crippen molar-refractivity contribution < 1.29 is 9.53 Å². The lowest BCUT2D eigenvalue weighted by Crippen LogP contribution is -2.16. The van der Waals surface area contributed by atoms with Gasteiger partial charge >= 0.3 is 0 Å². The summed E-state index contributed by atoms with van der Waals surface area (Å²) in [5, 5.41) is 8.05. The summed E-state index contributed by atoms with van der Waals surface area (Å²) >= 11 is 0. The lowest BCUT2D eigenvalue weighted by molar-refractivity contribution is 0.102. The van der Waals surface area contributed by atoms with E-state index in [9.17, 15) is 4.79 Å². The topological polar surface area (TPSA) is 81.9 Å². The molecular weight excluding hydrogens is 294 g/mol. The summed E-state index contributed by atoms with van der Waals surface area (Å²) in [6, 6.07) is 7.38. The first kappa shape index (κ1) is 15.1. The molecule has 0 atom stereocenters. The van der Waals surface area contributed by atoms with Crippen LogP contribution in [0.25, 0.3) is 10.9 Å². The van der Waals surface area contributed by atoms with Gasteiger partial charge in [0.05, 0.1) is 12.3 Å². The van der Waals surface area contributed by atoms with Gasteiger partial charge in [-0.05, 0) is 12.1 Å². The minimum atomic E-state index is -0.310. The SMILES string of the molecule is COCCc1cc(NC(=O)c2nccc3cccnc23)n(C)n1. The number of anilines is 1. The van der Waals surface area contributed by atoms with E-state index in [2.05, 4.69) is 20.4 Å². The van der Waals surface area contributed by atoms with Gasteiger partial charge in [0, 0.05) is 44.4 Å². The van der Waals surface area contributed by atoms with Crippen LogP contribution in [0.3, 0.4) is 0 Å². The highest BCUT2D eigenvalue weighted by Crippen LogP contribution is 2.16. The fraction of sp³-hybridized carbons (Fsp3) is 0.250. The largest absolute Gasteiger partial charge is 0.384 e. The summed E-state index contributed by atoms with van der Waals surface area (Å²) in [7, 11) is 3.42. The van der Waals surface area contributed by atoms with Gasteiger partial charge in [-0.25, -0.2) is 4.98 Å². The molecule has 3 heterocycles. The number of hydrogen-bond donors (Lipinski definition) is 1. The van der Waals surface area contributed by atoms with Gasteiger partial charge in [-0.1, -0.05) is 6.07 Å². The Balaban J connectivity index is 1.85. The summed E-state index contributed by atoms with van der Waals surface area (Å²) in [5.74, 6) is 0.298. The maximum atomic E-state index is 12.5. The van der Waals surface area contributed by atoms with Crippen molar-refractivity contribution in [3.8, 4) is 0 Å². The number of nitrogens with zero attached hydrogens (tertiary/aromatic N) is 4. The summed E-state index contributed by atoms with van der Waals surface area (Å²) in [5.41, 5.74) is 1.73. The number of pyridine rings is 2. The Morgan fingerprint density at radius 2 is 2.17 bits per heavy atom. The van der Waals surface area contributed by atoms with E-state index in [1.165, 1.54) is 0 Å². The zero-order chi connectivity index (χ0) is 16.2. The molecule has 0 bridgehead atoms. The molecule has 7 nitrogen and oxygen atoms in total. The third kappa shape index (κ3) is 3.19. The van der Waals surface area contributed by atoms with Gasteiger partial charge in [0.25, 0.3) is 5.91 Å². The van der Waals surface area contributed by atoms with Crippen LogP contribution in [-0.2, 0) is 18.2 Å². The quantitative estimate of drug-likeness (QED) is 0.777. The summed E-state index contributed by atoms with van der Waals surface area (Å²) in [6.07, 6.45) is 3.94. The molecule has 3 aromatic rings. The molecule has 0 aliphatic carbocycles. The molecule has 0 aliphatic heterocycles. The fourth-order valence-electron chi connectivity index (χ4n) is 2.32. The Morgan fingerprint density at radius 3 is 3.00 bits per heavy atom. The zero-order valence-electron chi connectivity index (χ0n) is 13.0. The van der Waals surface area contributed by atoms with Crippen LogP contribution < -0.4 is 5.32 Å². The number of nitrogens with one attached hydrogen (secondary N) is 1. The number of ether oxygens (including phenoxy) is 1. The molecule has 0 fully saturated rings. The average molecular weight is 311 g/mol. The second kappa shape index (κ2) is 6.53. The minimum Gasteiger partial charge on any atom is -0.384 e. The van der Waals surface area contributed by atoms with Crippen LogP contribution in [0, 0.1) is 0 Å². The molecule has 0 saturated heterocycles. The molecule has 3 rings (SSSR count). The van der Waals surface area contributed by atoms with Crippen molar-refractivity contribution in [2.24, 2.45) is 7.05 Å². The highest BCUT2D eigenvalue weighted by molar-refractivity contribution is 6.09. The molecular formula is C16H17N5O2. The lowest BCUT2D eigenvalue weighted by Gasteiger charge is -2.06. The van der Waals surface area contributed by atoms with Crippen LogP contribution in [-0.4, -0.2) is 39.4 Å². The number of carbonyl (C=O) groups excluding carboxylic acids is 1. The molecule has 0 saturated carbocycles. The second-order valence-electron chi connectivity index (χ2n) is 5.08. The number of hydrogen-bond acceptors (Lipinski definition) is 5. The third-order valence-electron chi connectivity index (χ3n) is 3.47. The van der Waals surface area contributed by atoms with Gasteiger partial charge in [0.2, 0.25) is 0 Å². The van der Waals surface area contributed by atoms with Gasteiger partial charge in [0.1, 0.15) is 11.3 Å². The number of aryl methyl sites for hydroxylation is 1. The van der Waals surface area contributed by atoms with E-state index >= 15 is 0 Å². The Hall–Kier alpha value is -2.80. The Kier molecular flexibility index (Phi) is 4.29. The van der Waals surface area contributed by atoms with E-state index in [0.29, 0.717) is 30.1 Å². The first-order valence-corrected chi connectivity index (χ1v) is 7.22. The Labute approximate surface area is 133 Å². The van der Waals surface area contributed by atoms with E-state index < -0.39 is 0 Å². The normalized spacial score (nSPS) is 10.9. The maximum absolute atomic E-state index is 12.5. The van der Waals surface area contributed by atoms with E-state index in [1.54, 1.807) is 31.2 Å². The molecule has 118 valence electrons. The molecule has 1 amide bonds. The molecule has 0 aromatic carbocycles. The smallest absolute Gasteiger partial charge is 0.277 e. The van der Waals surface area contributed by atoms with Gasteiger partial charge in [-0.2, -0.15) is 5.10 Å². The highest BCUT2D eigenvalue weighted by atomic mass is 16.5. The van der Waals surface area contributed by atoms with Gasteiger partial charge in [-0.15, -0.1) is 0 Å². The standard InChI is InChI=1S/C16H17N5O2/c1-21-13(10-12(20-21)6-9-23-2)19-16(22)15-14-11(5-8-18-15)4-3-7-17-14/h3-5,7-8,10H,6,9H2,1-2H3,(H,19,22). The van der Waals surface area contributed by atoms with Crippen molar-refractivity contribution in [1.29, 1.82) is 0 Å². The summed E-state index contributed by atoms with van der Waals surface area (Å²) in [6.45, 7) is 0.583. The first-order valence-electron chi connectivity index (χ1n) is 7.22. The highest BCUT2D eigenvalue weighted by Gasteiger charge is 2.15. The number of carbonyl (C=O) groups is 1. The van der Waals surface area contributed by atoms with E-state index in [0.717, 1.165) is 11.1 Å². The van der Waals surface area contributed by atoms with Crippen molar-refractivity contribution in [2.45, 2.75) is 6.42 Å². The van der Waals surface area contributed by atoms with E-state index in [4.69, 9.17) is 4.74 Å². The molecule has 3 aromatic heterocycles. The predicted molar refractivity (Wildman–Crippen MR) is 86.3 cm³/mol. The molecule has 7 heteroatoms.